The molecule has 0 radical (unpaired) electrons. The first kappa shape index (κ1) is 13.5. The van der Waals surface area contributed by atoms with Gasteiger partial charge in [-0.25, -0.2) is 4.98 Å². The Hall–Kier alpha value is -3.15. The molecule has 1 aliphatic rings. The van der Waals surface area contributed by atoms with E-state index in [0.29, 0.717) is 11.6 Å². The fourth-order valence-electron chi connectivity index (χ4n) is 2.85. The second kappa shape index (κ2) is 5.24. The van der Waals surface area contributed by atoms with Gasteiger partial charge in [-0.05, 0) is 24.3 Å². The van der Waals surface area contributed by atoms with Crippen molar-refractivity contribution < 1.29 is 9.59 Å². The van der Waals surface area contributed by atoms with E-state index in [4.69, 9.17) is 0 Å². The maximum absolute atomic E-state index is 12.7. The Bertz CT molecular complexity index is 901. The van der Waals surface area contributed by atoms with Crippen molar-refractivity contribution >= 4 is 34.5 Å². The minimum Gasteiger partial charge on any atom is -0.324 e. The van der Waals surface area contributed by atoms with Gasteiger partial charge in [-0.1, -0.05) is 30.3 Å². The first-order valence-corrected chi connectivity index (χ1v) is 7.35. The van der Waals surface area contributed by atoms with E-state index in [-0.39, 0.29) is 18.2 Å². The highest BCUT2D eigenvalue weighted by Crippen LogP contribution is 2.30. The topological polar surface area (TPSA) is 76.0 Å². The first-order chi connectivity index (χ1) is 11.2. The fraction of sp³-hybridized carbons (Fsp3) is 0.118. The van der Waals surface area contributed by atoms with Gasteiger partial charge in [-0.15, -0.1) is 0 Å². The van der Waals surface area contributed by atoms with Crippen LogP contribution in [0.1, 0.15) is 12.5 Å². The zero-order chi connectivity index (χ0) is 15.8. The van der Waals surface area contributed by atoms with Gasteiger partial charge in [-0.3, -0.25) is 19.5 Å². The fourth-order valence-corrected chi connectivity index (χ4v) is 2.85. The Morgan fingerprint density at radius 3 is 2.70 bits per heavy atom. The number of nitrogens with one attached hydrogen (secondary N) is 2. The van der Waals surface area contributed by atoms with Gasteiger partial charge in [0, 0.05) is 5.69 Å². The Labute approximate surface area is 132 Å². The third-order valence-corrected chi connectivity index (χ3v) is 3.88. The summed E-state index contributed by atoms with van der Waals surface area (Å²) in [4.78, 5) is 29.0. The Kier molecular flexibility index (Phi) is 3.08. The molecule has 6 heteroatoms. The van der Waals surface area contributed by atoms with E-state index in [0.717, 1.165) is 11.0 Å². The molecule has 0 spiro atoms. The van der Waals surface area contributed by atoms with Crippen molar-refractivity contribution in [1.82, 2.24) is 9.55 Å². The van der Waals surface area contributed by atoms with Crippen LogP contribution in [0, 0.1) is 0 Å². The number of carbonyl (C=O) groups excluding carboxylic acids is 2. The van der Waals surface area contributed by atoms with E-state index in [1.54, 1.807) is 4.57 Å². The van der Waals surface area contributed by atoms with Crippen LogP contribution in [-0.4, -0.2) is 21.4 Å². The average molecular weight is 306 g/mol. The largest absolute Gasteiger partial charge is 0.324 e. The Morgan fingerprint density at radius 1 is 1.13 bits per heavy atom. The van der Waals surface area contributed by atoms with E-state index < -0.39 is 6.04 Å². The molecular formula is C17H14N4O2. The van der Waals surface area contributed by atoms with E-state index in [1.165, 1.54) is 0 Å². The van der Waals surface area contributed by atoms with Crippen molar-refractivity contribution in [2.45, 2.75) is 12.5 Å². The summed E-state index contributed by atoms with van der Waals surface area (Å²) in [7, 11) is 0. The highest BCUT2D eigenvalue weighted by molar-refractivity contribution is 6.02. The number of carbonyl (C=O) groups is 2. The molecule has 0 unspecified atom stereocenters. The smallest absolute Gasteiger partial charge is 0.248 e. The van der Waals surface area contributed by atoms with Crippen LogP contribution in [0.4, 0.5) is 11.6 Å². The predicted molar refractivity (Wildman–Crippen MR) is 87.1 cm³/mol. The number of anilines is 2. The molecule has 1 aliphatic heterocycles. The number of fused-ring (bicyclic) bond motifs is 3. The summed E-state index contributed by atoms with van der Waals surface area (Å²) in [5.41, 5.74) is 2.28. The molecule has 0 aliphatic carbocycles. The molecule has 4 rings (SSSR count). The maximum atomic E-state index is 12.7. The van der Waals surface area contributed by atoms with Crippen LogP contribution in [0.25, 0.3) is 11.0 Å². The van der Waals surface area contributed by atoms with Gasteiger partial charge in [0.2, 0.25) is 17.8 Å². The van der Waals surface area contributed by atoms with Crippen molar-refractivity contribution in [3.8, 4) is 0 Å². The number of hydrogen-bond acceptors (Lipinski definition) is 3. The number of rotatable bonds is 2. The molecule has 2 heterocycles. The standard InChI is InChI=1S/C17H14N4O2/c22-15-10-14(16(23)18-11-6-2-1-3-7-11)21-13-9-5-4-8-12(13)19-17(21)20-15/h1-9,14H,10H2,(H,18,23)(H,19,20,22)/t14-/m1/s1. The number of nitrogens with zero attached hydrogens (tertiary/aromatic N) is 2. The molecule has 2 aromatic carbocycles. The number of para-hydroxylation sites is 3. The second-order valence-electron chi connectivity index (χ2n) is 5.42. The predicted octanol–water partition coefficient (Wildman–Crippen LogP) is 2.56. The van der Waals surface area contributed by atoms with Crippen molar-refractivity contribution in [3.63, 3.8) is 0 Å². The molecule has 1 atom stereocenters. The van der Waals surface area contributed by atoms with Crippen molar-refractivity contribution in [2.75, 3.05) is 10.6 Å². The van der Waals surface area contributed by atoms with Gasteiger partial charge < -0.3 is 5.32 Å². The summed E-state index contributed by atoms with van der Waals surface area (Å²) in [6, 6.07) is 16.1. The lowest BCUT2D eigenvalue weighted by atomic mass is 10.1. The minimum absolute atomic E-state index is 0.0893. The SMILES string of the molecule is O=C1C[C@H](C(=O)Nc2ccccc2)n2c(nc3ccccc32)N1. The Balaban J connectivity index is 1.75. The molecule has 114 valence electrons. The van der Waals surface area contributed by atoms with Crippen LogP contribution in [0.5, 0.6) is 0 Å². The molecule has 6 nitrogen and oxygen atoms in total. The van der Waals surface area contributed by atoms with Crippen molar-refractivity contribution in [2.24, 2.45) is 0 Å². The summed E-state index contributed by atoms with van der Waals surface area (Å²) in [5, 5.41) is 5.59. The molecule has 0 saturated heterocycles. The molecule has 3 aromatic rings. The molecule has 2 N–H and O–H groups in total. The van der Waals surface area contributed by atoms with Crippen LogP contribution in [0.2, 0.25) is 0 Å². The molecule has 23 heavy (non-hydrogen) atoms. The quantitative estimate of drug-likeness (QED) is 0.764. The van der Waals surface area contributed by atoms with Crippen LogP contribution < -0.4 is 10.6 Å². The zero-order valence-corrected chi connectivity index (χ0v) is 12.2. The van der Waals surface area contributed by atoms with Gasteiger partial charge in [-0.2, -0.15) is 0 Å². The third kappa shape index (κ3) is 2.34. The molecule has 0 saturated carbocycles. The van der Waals surface area contributed by atoms with Crippen LogP contribution in [-0.2, 0) is 9.59 Å². The van der Waals surface area contributed by atoms with Gasteiger partial charge in [0.25, 0.3) is 0 Å². The third-order valence-electron chi connectivity index (χ3n) is 3.88. The number of benzene rings is 2. The average Bonchev–Trinajstić information content (AvgIpc) is 2.93. The summed E-state index contributed by atoms with van der Waals surface area (Å²) < 4.78 is 1.79. The summed E-state index contributed by atoms with van der Waals surface area (Å²) >= 11 is 0. The number of imidazole rings is 1. The van der Waals surface area contributed by atoms with Crippen LogP contribution in [0.3, 0.4) is 0 Å². The highest BCUT2D eigenvalue weighted by Gasteiger charge is 2.32. The van der Waals surface area contributed by atoms with Gasteiger partial charge in [0.1, 0.15) is 6.04 Å². The summed E-state index contributed by atoms with van der Waals surface area (Å²) in [5.74, 6) is -0.0212. The van der Waals surface area contributed by atoms with Gasteiger partial charge >= 0.3 is 0 Å². The molecular weight excluding hydrogens is 292 g/mol. The van der Waals surface area contributed by atoms with Crippen molar-refractivity contribution in [3.05, 3.63) is 54.6 Å². The molecule has 0 fully saturated rings. The first-order valence-electron chi connectivity index (χ1n) is 7.35. The number of hydrogen-bond donors (Lipinski definition) is 2. The number of amides is 2. The second-order valence-corrected chi connectivity index (χ2v) is 5.42. The minimum atomic E-state index is -0.619. The van der Waals surface area contributed by atoms with Crippen LogP contribution >= 0.6 is 0 Å². The van der Waals surface area contributed by atoms with E-state index >= 15 is 0 Å². The lowest BCUT2D eigenvalue weighted by Crippen LogP contribution is -2.35. The highest BCUT2D eigenvalue weighted by atomic mass is 16.2. The maximum Gasteiger partial charge on any atom is 0.248 e. The van der Waals surface area contributed by atoms with E-state index in [1.807, 2.05) is 54.6 Å². The van der Waals surface area contributed by atoms with Gasteiger partial charge in [0.05, 0.1) is 17.5 Å². The molecule has 1 aromatic heterocycles. The normalized spacial score (nSPS) is 16.7. The number of aromatic nitrogens is 2. The van der Waals surface area contributed by atoms with Gasteiger partial charge in [0.15, 0.2) is 0 Å². The monoisotopic (exact) mass is 306 g/mol. The lowest BCUT2D eigenvalue weighted by Gasteiger charge is -2.24. The zero-order valence-electron chi connectivity index (χ0n) is 12.2. The summed E-state index contributed by atoms with van der Waals surface area (Å²) in [6.45, 7) is 0. The molecule has 2 amide bonds. The lowest BCUT2D eigenvalue weighted by molar-refractivity contribution is -0.124. The van der Waals surface area contributed by atoms with Crippen molar-refractivity contribution in [1.29, 1.82) is 0 Å². The molecule has 0 bridgehead atoms. The summed E-state index contributed by atoms with van der Waals surface area (Å²) in [6.07, 6.45) is 0.0893. The van der Waals surface area contributed by atoms with E-state index in [2.05, 4.69) is 15.6 Å². The Morgan fingerprint density at radius 2 is 1.87 bits per heavy atom. The van der Waals surface area contributed by atoms with E-state index in [9.17, 15) is 9.59 Å². The van der Waals surface area contributed by atoms with Crippen LogP contribution in [0.15, 0.2) is 54.6 Å².